The first-order chi connectivity index (χ1) is 10.6. The largest absolute Gasteiger partial charge is 0.355 e. The Morgan fingerprint density at radius 1 is 1.32 bits per heavy atom. The molecule has 1 aliphatic rings. The lowest BCUT2D eigenvalue weighted by Crippen LogP contribution is -2.39. The number of nitrogens with zero attached hydrogens (tertiary/aromatic N) is 4. The fourth-order valence-electron chi connectivity index (χ4n) is 2.18. The van der Waals surface area contributed by atoms with Gasteiger partial charge in [0.25, 0.3) is 5.69 Å². The van der Waals surface area contributed by atoms with Gasteiger partial charge in [-0.05, 0) is 31.4 Å². The number of non-ortho nitro benzene ring substituents is 1. The highest BCUT2D eigenvalue weighted by atomic mass is 16.6. The Labute approximate surface area is 127 Å². The number of benzene rings is 1. The lowest BCUT2D eigenvalue weighted by atomic mass is 10.1. The van der Waals surface area contributed by atoms with Crippen LogP contribution in [0.3, 0.4) is 0 Å². The second kappa shape index (κ2) is 7.17. The zero-order chi connectivity index (χ0) is 15.9. The molecule has 22 heavy (non-hydrogen) atoms. The van der Waals surface area contributed by atoms with Crippen molar-refractivity contribution in [1.82, 2.24) is 4.90 Å². The zero-order valence-corrected chi connectivity index (χ0v) is 12.0. The molecule has 1 aromatic carbocycles. The van der Waals surface area contributed by atoms with Crippen LogP contribution in [0.1, 0.15) is 19.3 Å². The number of nitro benzene ring substituents is 1. The van der Waals surface area contributed by atoms with Crippen LogP contribution in [0.2, 0.25) is 0 Å². The van der Waals surface area contributed by atoms with E-state index in [1.165, 1.54) is 24.3 Å². The van der Waals surface area contributed by atoms with Crippen LogP contribution in [0.15, 0.2) is 29.4 Å². The van der Waals surface area contributed by atoms with Gasteiger partial charge in [-0.15, -0.1) is 0 Å². The van der Waals surface area contributed by atoms with Gasteiger partial charge in [-0.25, -0.2) is 0 Å². The molecule has 1 saturated heterocycles. The van der Waals surface area contributed by atoms with E-state index in [4.69, 9.17) is 10.7 Å². The molecule has 0 saturated carbocycles. The first-order valence-corrected chi connectivity index (χ1v) is 6.94. The number of nitrogens with one attached hydrogen (secondary N) is 2. The van der Waals surface area contributed by atoms with E-state index in [1.807, 2.05) is 11.0 Å². The fraction of sp³-hybridized carbons (Fsp3) is 0.357. The number of nitro groups is 1. The van der Waals surface area contributed by atoms with Gasteiger partial charge in [0.05, 0.1) is 10.6 Å². The van der Waals surface area contributed by atoms with Crippen molar-refractivity contribution in [3.63, 3.8) is 0 Å². The van der Waals surface area contributed by atoms with Gasteiger partial charge in [-0.3, -0.25) is 20.9 Å². The van der Waals surface area contributed by atoms with Crippen LogP contribution < -0.4 is 5.43 Å². The molecule has 8 nitrogen and oxygen atoms in total. The number of amidine groups is 1. The molecular formula is C14H16N6O2. The highest BCUT2D eigenvalue weighted by Gasteiger charge is 2.18. The molecule has 1 aromatic rings. The van der Waals surface area contributed by atoms with E-state index in [0.29, 0.717) is 5.69 Å². The Hall–Kier alpha value is -2.95. The summed E-state index contributed by atoms with van der Waals surface area (Å²) in [6.45, 7) is 1.52. The Morgan fingerprint density at radius 2 is 1.95 bits per heavy atom. The molecule has 2 N–H and O–H groups in total. The van der Waals surface area contributed by atoms with Gasteiger partial charge in [0.2, 0.25) is 5.71 Å². The lowest BCUT2D eigenvalue weighted by molar-refractivity contribution is -0.384. The number of hydrogen-bond acceptors (Lipinski definition) is 6. The molecule has 0 spiro atoms. The minimum absolute atomic E-state index is 0.000234. The fourth-order valence-corrected chi connectivity index (χ4v) is 2.18. The first-order valence-electron chi connectivity index (χ1n) is 6.94. The van der Waals surface area contributed by atoms with E-state index >= 15 is 0 Å². The standard InChI is InChI=1S/C14H16N6O2/c15-10-13(14(16)19-8-2-1-3-9-19)18-17-11-4-6-12(7-5-11)20(21)22/h4-7,16-17H,1-3,8-9H2/b16-14?,18-13-. The van der Waals surface area contributed by atoms with Crippen molar-refractivity contribution in [2.24, 2.45) is 5.10 Å². The minimum Gasteiger partial charge on any atom is -0.355 e. The topological polar surface area (TPSA) is 118 Å². The van der Waals surface area contributed by atoms with Crippen LogP contribution in [0.5, 0.6) is 0 Å². The molecule has 0 bridgehead atoms. The quantitative estimate of drug-likeness (QED) is 0.383. The van der Waals surface area contributed by atoms with E-state index in [0.717, 1.165) is 32.4 Å². The third-order valence-electron chi connectivity index (χ3n) is 3.38. The molecular weight excluding hydrogens is 284 g/mol. The Kier molecular flexibility index (Phi) is 5.03. The van der Waals surface area contributed by atoms with Crippen LogP contribution in [-0.4, -0.2) is 34.5 Å². The average Bonchev–Trinajstić information content (AvgIpc) is 2.56. The van der Waals surface area contributed by atoms with Crippen molar-refractivity contribution in [2.45, 2.75) is 19.3 Å². The molecule has 1 aliphatic heterocycles. The molecule has 0 aromatic heterocycles. The maximum Gasteiger partial charge on any atom is 0.269 e. The zero-order valence-electron chi connectivity index (χ0n) is 12.0. The number of rotatable bonds is 4. The van der Waals surface area contributed by atoms with Gasteiger partial charge in [0.1, 0.15) is 6.07 Å². The predicted octanol–water partition coefficient (Wildman–Crippen LogP) is 2.35. The van der Waals surface area contributed by atoms with Gasteiger partial charge in [0.15, 0.2) is 5.84 Å². The summed E-state index contributed by atoms with van der Waals surface area (Å²) < 4.78 is 0. The number of hydrogen-bond donors (Lipinski definition) is 2. The number of hydrazone groups is 1. The summed E-state index contributed by atoms with van der Waals surface area (Å²) in [7, 11) is 0. The molecule has 0 amide bonds. The molecule has 1 fully saturated rings. The monoisotopic (exact) mass is 300 g/mol. The van der Waals surface area contributed by atoms with Gasteiger partial charge in [-0.2, -0.15) is 10.4 Å². The molecule has 0 unspecified atom stereocenters. The van der Waals surface area contributed by atoms with Crippen LogP contribution in [0, 0.1) is 26.9 Å². The van der Waals surface area contributed by atoms with Crippen LogP contribution in [0.25, 0.3) is 0 Å². The number of likely N-dealkylation sites (tertiary alicyclic amines) is 1. The Morgan fingerprint density at radius 3 is 2.50 bits per heavy atom. The summed E-state index contributed by atoms with van der Waals surface area (Å²) in [4.78, 5) is 11.9. The minimum atomic E-state index is -0.486. The summed E-state index contributed by atoms with van der Waals surface area (Å²) in [5.74, 6) is 0.108. The molecule has 0 atom stereocenters. The third-order valence-corrected chi connectivity index (χ3v) is 3.38. The molecule has 1 heterocycles. The van der Waals surface area contributed by atoms with Gasteiger partial charge in [0, 0.05) is 25.2 Å². The molecule has 0 aliphatic carbocycles. The molecule has 0 radical (unpaired) electrons. The highest BCUT2D eigenvalue weighted by molar-refractivity contribution is 6.46. The van der Waals surface area contributed by atoms with Crippen molar-refractivity contribution >= 4 is 22.9 Å². The first kappa shape index (κ1) is 15.4. The summed E-state index contributed by atoms with van der Waals surface area (Å²) >= 11 is 0. The van der Waals surface area contributed by atoms with Crippen molar-refractivity contribution < 1.29 is 4.92 Å². The Balaban J connectivity index is 2.04. The third kappa shape index (κ3) is 3.79. The maximum atomic E-state index is 10.6. The van der Waals surface area contributed by atoms with Crippen LogP contribution in [0.4, 0.5) is 11.4 Å². The second-order valence-electron chi connectivity index (χ2n) is 4.88. The summed E-state index contributed by atoms with van der Waals surface area (Å²) in [6, 6.07) is 7.61. The van der Waals surface area contributed by atoms with Crippen LogP contribution >= 0.6 is 0 Å². The van der Waals surface area contributed by atoms with Crippen molar-refractivity contribution in [2.75, 3.05) is 18.5 Å². The molecule has 2 rings (SSSR count). The van der Waals surface area contributed by atoms with Crippen molar-refractivity contribution in [3.8, 4) is 6.07 Å². The van der Waals surface area contributed by atoms with E-state index < -0.39 is 4.92 Å². The Bertz CT molecular complexity index is 626. The summed E-state index contributed by atoms with van der Waals surface area (Å²) in [6.07, 6.45) is 3.16. The number of anilines is 1. The van der Waals surface area contributed by atoms with Crippen molar-refractivity contribution in [3.05, 3.63) is 34.4 Å². The molecule has 8 heteroatoms. The molecule has 114 valence electrons. The SMILES string of the molecule is N#C/C(=N/Nc1ccc([N+](=O)[O-])cc1)C(=N)N1CCCCC1. The second-order valence-corrected chi connectivity index (χ2v) is 4.88. The lowest BCUT2D eigenvalue weighted by Gasteiger charge is -2.27. The highest BCUT2D eigenvalue weighted by Crippen LogP contribution is 2.15. The number of piperidine rings is 1. The average molecular weight is 300 g/mol. The van der Waals surface area contributed by atoms with Gasteiger partial charge in [-0.1, -0.05) is 0 Å². The van der Waals surface area contributed by atoms with E-state index in [-0.39, 0.29) is 17.2 Å². The summed E-state index contributed by atoms with van der Waals surface area (Å²) in [5.41, 5.74) is 3.16. The summed E-state index contributed by atoms with van der Waals surface area (Å²) in [5, 5.41) is 31.7. The number of nitriles is 1. The normalized spacial score (nSPS) is 15.0. The predicted molar refractivity (Wildman–Crippen MR) is 82.9 cm³/mol. The van der Waals surface area contributed by atoms with E-state index in [9.17, 15) is 10.1 Å². The van der Waals surface area contributed by atoms with E-state index in [1.54, 1.807) is 0 Å². The van der Waals surface area contributed by atoms with Gasteiger partial charge >= 0.3 is 0 Å². The van der Waals surface area contributed by atoms with E-state index in [2.05, 4.69) is 10.5 Å². The van der Waals surface area contributed by atoms with Gasteiger partial charge < -0.3 is 4.90 Å². The van der Waals surface area contributed by atoms with Crippen LogP contribution in [-0.2, 0) is 0 Å². The smallest absolute Gasteiger partial charge is 0.269 e. The maximum absolute atomic E-state index is 10.6. The van der Waals surface area contributed by atoms with Crippen molar-refractivity contribution in [1.29, 1.82) is 10.7 Å².